The van der Waals surface area contributed by atoms with Gasteiger partial charge in [0.25, 0.3) is 11.8 Å². The van der Waals surface area contributed by atoms with Gasteiger partial charge in [0.15, 0.2) is 6.10 Å². The molecular formula is C18H16F2N2O3. The first-order valence-corrected chi connectivity index (χ1v) is 7.68. The molecule has 0 heterocycles. The Hall–Kier alpha value is -2.96. The van der Waals surface area contributed by atoms with E-state index in [0.717, 1.165) is 5.56 Å². The summed E-state index contributed by atoms with van der Waals surface area (Å²) in [5.74, 6) is -2.97. The summed E-state index contributed by atoms with van der Waals surface area (Å²) in [5, 5.41) is 4.73. The number of aryl methyl sites for hydroxylation is 1. The number of amides is 3. The topological polar surface area (TPSA) is 67.4 Å². The highest BCUT2D eigenvalue weighted by Gasteiger charge is 2.59. The molecule has 25 heavy (non-hydrogen) atoms. The maximum absolute atomic E-state index is 12.8. The molecule has 5 nitrogen and oxygen atoms in total. The van der Waals surface area contributed by atoms with E-state index in [9.17, 15) is 18.4 Å². The van der Waals surface area contributed by atoms with Crippen LogP contribution in [-0.4, -0.2) is 24.0 Å². The quantitative estimate of drug-likeness (QED) is 0.886. The normalized spacial score (nSPS) is 17.5. The van der Waals surface area contributed by atoms with Gasteiger partial charge in [-0.1, -0.05) is 18.2 Å². The van der Waals surface area contributed by atoms with Crippen molar-refractivity contribution in [2.75, 3.05) is 5.32 Å². The van der Waals surface area contributed by atoms with E-state index in [1.54, 1.807) is 31.2 Å². The van der Waals surface area contributed by atoms with Crippen molar-refractivity contribution < 1.29 is 23.1 Å². The van der Waals surface area contributed by atoms with Crippen LogP contribution in [-0.2, 0) is 0 Å². The molecule has 0 spiro atoms. The fourth-order valence-corrected chi connectivity index (χ4v) is 2.26. The van der Waals surface area contributed by atoms with Crippen LogP contribution < -0.4 is 15.4 Å². The molecule has 0 saturated heterocycles. The monoisotopic (exact) mass is 346 g/mol. The Balaban J connectivity index is 1.54. The zero-order valence-corrected chi connectivity index (χ0v) is 13.4. The first kappa shape index (κ1) is 16.9. The van der Waals surface area contributed by atoms with Crippen LogP contribution in [0.15, 0.2) is 48.5 Å². The lowest BCUT2D eigenvalue weighted by molar-refractivity contribution is 0.0665. The molecular weight excluding hydrogens is 330 g/mol. The highest BCUT2D eigenvalue weighted by Crippen LogP contribution is 2.44. The number of imide groups is 1. The van der Waals surface area contributed by atoms with Crippen LogP contribution in [0.4, 0.5) is 19.3 Å². The SMILES string of the molecule is Cc1ccccc1C(=O)NC(=O)Nc1ccc(OC2CC2(F)F)cc1. The van der Waals surface area contributed by atoms with Gasteiger partial charge in [-0.25, -0.2) is 13.6 Å². The van der Waals surface area contributed by atoms with E-state index in [1.165, 1.54) is 24.3 Å². The standard InChI is InChI=1S/C18H16F2N2O3/c1-11-4-2-3-5-14(11)16(23)22-17(24)21-12-6-8-13(9-7-12)25-15-10-18(15,19)20/h2-9,15H,10H2,1H3,(H2,21,22,23,24). The number of hydrogen-bond acceptors (Lipinski definition) is 3. The summed E-state index contributed by atoms with van der Waals surface area (Å²) in [6.07, 6.45) is -1.36. The third-order valence-corrected chi connectivity index (χ3v) is 3.78. The van der Waals surface area contributed by atoms with E-state index >= 15 is 0 Å². The Labute approximate surface area is 143 Å². The van der Waals surface area contributed by atoms with Crippen LogP contribution in [0.5, 0.6) is 5.75 Å². The van der Waals surface area contributed by atoms with E-state index < -0.39 is 24.0 Å². The van der Waals surface area contributed by atoms with Gasteiger partial charge < -0.3 is 10.1 Å². The fraction of sp³-hybridized carbons (Fsp3) is 0.222. The lowest BCUT2D eigenvalue weighted by Gasteiger charge is -2.09. The molecule has 2 N–H and O–H groups in total. The number of carbonyl (C=O) groups excluding carboxylic acids is 2. The molecule has 0 aromatic heterocycles. The van der Waals surface area contributed by atoms with Crippen LogP contribution in [0.3, 0.4) is 0 Å². The predicted molar refractivity (Wildman–Crippen MR) is 88.1 cm³/mol. The molecule has 2 aromatic rings. The molecule has 3 rings (SSSR count). The Bertz CT molecular complexity index is 806. The molecule has 1 unspecified atom stereocenters. The van der Waals surface area contributed by atoms with Crippen molar-refractivity contribution in [2.24, 2.45) is 0 Å². The zero-order chi connectivity index (χ0) is 18.0. The summed E-state index contributed by atoms with van der Waals surface area (Å²) < 4.78 is 30.7. The van der Waals surface area contributed by atoms with Gasteiger partial charge in [0, 0.05) is 11.3 Å². The smallest absolute Gasteiger partial charge is 0.326 e. The number of rotatable bonds is 4. The second-order valence-electron chi connectivity index (χ2n) is 5.82. The van der Waals surface area contributed by atoms with Crippen LogP contribution in [0.1, 0.15) is 22.3 Å². The highest BCUT2D eigenvalue weighted by molar-refractivity contribution is 6.08. The number of alkyl halides is 2. The molecule has 3 amide bonds. The van der Waals surface area contributed by atoms with Crippen LogP contribution in [0, 0.1) is 6.92 Å². The molecule has 1 saturated carbocycles. The van der Waals surface area contributed by atoms with Crippen molar-refractivity contribution in [3.8, 4) is 5.75 Å². The van der Waals surface area contributed by atoms with Crippen LogP contribution in [0.2, 0.25) is 0 Å². The third-order valence-electron chi connectivity index (χ3n) is 3.78. The molecule has 1 fully saturated rings. The highest BCUT2D eigenvalue weighted by atomic mass is 19.3. The van der Waals surface area contributed by atoms with Gasteiger partial charge in [-0.3, -0.25) is 10.1 Å². The zero-order valence-electron chi connectivity index (χ0n) is 13.4. The van der Waals surface area contributed by atoms with Crippen molar-refractivity contribution >= 4 is 17.6 Å². The predicted octanol–water partition coefficient (Wildman–Crippen LogP) is 3.74. The minimum absolute atomic E-state index is 0.281. The second kappa shape index (κ2) is 6.51. The Morgan fingerprint density at radius 3 is 2.36 bits per heavy atom. The van der Waals surface area contributed by atoms with Crippen molar-refractivity contribution in [3.63, 3.8) is 0 Å². The number of benzene rings is 2. The van der Waals surface area contributed by atoms with Crippen molar-refractivity contribution in [1.29, 1.82) is 0 Å². The Morgan fingerprint density at radius 1 is 1.12 bits per heavy atom. The number of halogens is 2. The van der Waals surface area contributed by atoms with Crippen molar-refractivity contribution in [1.82, 2.24) is 5.32 Å². The lowest BCUT2D eigenvalue weighted by Crippen LogP contribution is -2.34. The maximum atomic E-state index is 12.8. The second-order valence-corrected chi connectivity index (χ2v) is 5.82. The summed E-state index contributed by atoms with van der Waals surface area (Å²) in [6.45, 7) is 1.77. The fourth-order valence-electron chi connectivity index (χ4n) is 2.26. The molecule has 1 aliphatic carbocycles. The van der Waals surface area contributed by atoms with E-state index in [-0.39, 0.29) is 6.42 Å². The first-order chi connectivity index (χ1) is 11.8. The van der Waals surface area contributed by atoms with Gasteiger partial charge >= 0.3 is 6.03 Å². The first-order valence-electron chi connectivity index (χ1n) is 7.68. The molecule has 0 bridgehead atoms. The van der Waals surface area contributed by atoms with Gasteiger partial charge in [-0.15, -0.1) is 0 Å². The number of ether oxygens (including phenoxy) is 1. The van der Waals surface area contributed by atoms with E-state index in [4.69, 9.17) is 4.74 Å². The molecule has 0 radical (unpaired) electrons. The summed E-state index contributed by atoms with van der Waals surface area (Å²) in [5.41, 5.74) is 1.57. The average molecular weight is 346 g/mol. The molecule has 130 valence electrons. The Morgan fingerprint density at radius 2 is 1.76 bits per heavy atom. The van der Waals surface area contributed by atoms with Gasteiger partial charge in [0.1, 0.15) is 5.75 Å². The molecule has 0 aliphatic heterocycles. The maximum Gasteiger partial charge on any atom is 0.326 e. The molecule has 7 heteroatoms. The summed E-state index contributed by atoms with van der Waals surface area (Å²) in [4.78, 5) is 23.9. The van der Waals surface area contributed by atoms with Gasteiger partial charge in [-0.05, 0) is 42.8 Å². The van der Waals surface area contributed by atoms with Crippen LogP contribution in [0.25, 0.3) is 0 Å². The Kier molecular flexibility index (Phi) is 4.39. The third kappa shape index (κ3) is 4.12. The largest absolute Gasteiger partial charge is 0.484 e. The molecule has 1 atom stereocenters. The number of nitrogens with one attached hydrogen (secondary N) is 2. The number of hydrogen-bond donors (Lipinski definition) is 2. The van der Waals surface area contributed by atoms with Gasteiger partial charge in [0.2, 0.25) is 0 Å². The van der Waals surface area contributed by atoms with Crippen molar-refractivity contribution in [3.05, 3.63) is 59.7 Å². The van der Waals surface area contributed by atoms with Crippen LogP contribution >= 0.6 is 0 Å². The van der Waals surface area contributed by atoms with E-state index in [1.807, 2.05) is 0 Å². The van der Waals surface area contributed by atoms with E-state index in [0.29, 0.717) is 17.0 Å². The van der Waals surface area contributed by atoms with E-state index in [2.05, 4.69) is 10.6 Å². The number of anilines is 1. The minimum atomic E-state index is -2.76. The van der Waals surface area contributed by atoms with Gasteiger partial charge in [-0.2, -0.15) is 0 Å². The molecule has 2 aromatic carbocycles. The lowest BCUT2D eigenvalue weighted by atomic mass is 10.1. The summed E-state index contributed by atoms with van der Waals surface area (Å²) in [6, 6.07) is 12.2. The van der Waals surface area contributed by atoms with Gasteiger partial charge in [0.05, 0.1) is 6.42 Å². The summed E-state index contributed by atoms with van der Waals surface area (Å²) >= 11 is 0. The molecule has 1 aliphatic rings. The van der Waals surface area contributed by atoms with Crippen molar-refractivity contribution in [2.45, 2.75) is 25.4 Å². The average Bonchev–Trinajstić information content (AvgIpc) is 3.15. The summed E-state index contributed by atoms with van der Waals surface area (Å²) in [7, 11) is 0. The minimum Gasteiger partial charge on any atom is -0.484 e. The number of carbonyl (C=O) groups is 2. The number of urea groups is 1.